The van der Waals surface area contributed by atoms with Gasteiger partial charge in [-0.2, -0.15) is 0 Å². The van der Waals surface area contributed by atoms with Crippen molar-refractivity contribution < 1.29 is 9.90 Å². The third-order valence-corrected chi connectivity index (χ3v) is 3.41. The summed E-state index contributed by atoms with van der Waals surface area (Å²) in [5, 5.41) is 9.11. The van der Waals surface area contributed by atoms with Gasteiger partial charge in [-0.1, -0.05) is 24.3 Å². The number of hydrogen-bond donors (Lipinski definition) is 2. The lowest BCUT2D eigenvalue weighted by Crippen LogP contribution is -2.34. The van der Waals surface area contributed by atoms with Gasteiger partial charge < -0.3 is 15.7 Å². The average Bonchev–Trinajstić information content (AvgIpc) is 2.43. The Morgan fingerprint density at radius 1 is 1.42 bits per heavy atom. The van der Waals surface area contributed by atoms with E-state index >= 15 is 0 Å². The van der Waals surface area contributed by atoms with Crippen molar-refractivity contribution in [2.24, 2.45) is 11.7 Å². The minimum atomic E-state index is -0.140. The van der Waals surface area contributed by atoms with Crippen LogP contribution in [0.4, 0.5) is 0 Å². The molecule has 1 atom stereocenters. The van der Waals surface area contributed by atoms with Crippen molar-refractivity contribution in [1.82, 2.24) is 4.90 Å². The van der Waals surface area contributed by atoms with E-state index in [0.717, 1.165) is 5.56 Å². The monoisotopic (exact) mass is 264 g/mol. The quantitative estimate of drug-likeness (QED) is 0.780. The summed E-state index contributed by atoms with van der Waals surface area (Å²) in [5.41, 5.74) is 7.86. The van der Waals surface area contributed by atoms with E-state index in [1.165, 1.54) is 5.56 Å². The second-order valence-corrected chi connectivity index (χ2v) is 4.82. The molecule has 0 aromatic heterocycles. The molecule has 0 spiro atoms. The standard InChI is InChI=1S/C15H24N2O2/c1-3-17(15(19)8-13(9-16)11-18)10-14-7-5-4-6-12(14)2/h4-7,13,18H,3,8-11,16H2,1-2H3/t13-/m1/s1. The van der Waals surface area contributed by atoms with Crippen molar-refractivity contribution >= 4 is 5.91 Å². The van der Waals surface area contributed by atoms with E-state index in [4.69, 9.17) is 10.8 Å². The topological polar surface area (TPSA) is 66.6 Å². The van der Waals surface area contributed by atoms with E-state index in [1.807, 2.05) is 38.1 Å². The van der Waals surface area contributed by atoms with Crippen LogP contribution in [0.15, 0.2) is 24.3 Å². The number of aliphatic hydroxyl groups excluding tert-OH is 1. The Hall–Kier alpha value is -1.39. The Labute approximate surface area is 115 Å². The molecular weight excluding hydrogens is 240 g/mol. The molecule has 1 aromatic rings. The first kappa shape index (κ1) is 15.7. The van der Waals surface area contributed by atoms with E-state index < -0.39 is 0 Å². The third kappa shape index (κ3) is 4.65. The van der Waals surface area contributed by atoms with E-state index in [0.29, 0.717) is 26.1 Å². The number of carbonyl (C=O) groups excluding carboxylic acids is 1. The van der Waals surface area contributed by atoms with Crippen molar-refractivity contribution in [3.05, 3.63) is 35.4 Å². The van der Waals surface area contributed by atoms with E-state index in [9.17, 15) is 4.79 Å². The molecule has 106 valence electrons. The van der Waals surface area contributed by atoms with Crippen LogP contribution >= 0.6 is 0 Å². The summed E-state index contributed by atoms with van der Waals surface area (Å²) in [5.74, 6) is -0.0892. The molecule has 0 aliphatic carbocycles. The zero-order valence-electron chi connectivity index (χ0n) is 11.8. The maximum absolute atomic E-state index is 12.2. The van der Waals surface area contributed by atoms with Crippen LogP contribution in [-0.2, 0) is 11.3 Å². The number of benzene rings is 1. The number of hydrogen-bond acceptors (Lipinski definition) is 3. The average molecular weight is 264 g/mol. The van der Waals surface area contributed by atoms with E-state index in [2.05, 4.69) is 0 Å². The van der Waals surface area contributed by atoms with Crippen molar-refractivity contribution in [2.75, 3.05) is 19.7 Å². The van der Waals surface area contributed by atoms with Gasteiger partial charge >= 0.3 is 0 Å². The molecule has 3 N–H and O–H groups in total. The van der Waals surface area contributed by atoms with Gasteiger partial charge in [-0.05, 0) is 31.5 Å². The largest absolute Gasteiger partial charge is 0.396 e. The molecule has 19 heavy (non-hydrogen) atoms. The number of amides is 1. The maximum Gasteiger partial charge on any atom is 0.223 e. The van der Waals surface area contributed by atoms with Crippen LogP contribution < -0.4 is 5.73 Å². The van der Waals surface area contributed by atoms with Crippen molar-refractivity contribution in [2.45, 2.75) is 26.8 Å². The number of aliphatic hydroxyl groups is 1. The highest BCUT2D eigenvalue weighted by molar-refractivity contribution is 5.76. The number of nitrogens with zero attached hydrogens (tertiary/aromatic N) is 1. The van der Waals surface area contributed by atoms with Gasteiger partial charge in [0.15, 0.2) is 0 Å². The van der Waals surface area contributed by atoms with Gasteiger partial charge in [0.1, 0.15) is 0 Å². The van der Waals surface area contributed by atoms with E-state index in [1.54, 1.807) is 4.90 Å². The van der Waals surface area contributed by atoms with E-state index in [-0.39, 0.29) is 18.4 Å². The summed E-state index contributed by atoms with van der Waals surface area (Å²) in [7, 11) is 0. The lowest BCUT2D eigenvalue weighted by atomic mass is 10.0. The molecule has 0 radical (unpaired) electrons. The van der Waals surface area contributed by atoms with Crippen LogP contribution in [-0.4, -0.2) is 35.6 Å². The molecule has 1 rings (SSSR count). The summed E-state index contributed by atoms with van der Waals surface area (Å²) >= 11 is 0. The highest BCUT2D eigenvalue weighted by Gasteiger charge is 2.17. The highest BCUT2D eigenvalue weighted by atomic mass is 16.3. The fourth-order valence-corrected chi connectivity index (χ4v) is 1.97. The molecule has 1 amide bonds. The molecular formula is C15H24N2O2. The second-order valence-electron chi connectivity index (χ2n) is 4.82. The minimum Gasteiger partial charge on any atom is -0.396 e. The summed E-state index contributed by atoms with van der Waals surface area (Å²) in [4.78, 5) is 14.0. The van der Waals surface area contributed by atoms with Gasteiger partial charge in [0.2, 0.25) is 5.91 Å². The van der Waals surface area contributed by atoms with Gasteiger partial charge in [-0.15, -0.1) is 0 Å². The van der Waals surface area contributed by atoms with Gasteiger partial charge in [0.05, 0.1) is 0 Å². The first-order valence-electron chi connectivity index (χ1n) is 6.75. The Morgan fingerprint density at radius 2 is 2.11 bits per heavy atom. The lowest BCUT2D eigenvalue weighted by molar-refractivity contribution is -0.132. The molecule has 0 saturated heterocycles. The second kappa shape index (κ2) is 7.92. The Bertz CT molecular complexity index is 403. The van der Waals surface area contributed by atoms with Crippen LogP contribution in [0.2, 0.25) is 0 Å². The van der Waals surface area contributed by atoms with Crippen LogP contribution in [0.3, 0.4) is 0 Å². The van der Waals surface area contributed by atoms with Gasteiger partial charge in [0, 0.05) is 32.0 Å². The van der Waals surface area contributed by atoms with Crippen LogP contribution in [0.5, 0.6) is 0 Å². The van der Waals surface area contributed by atoms with Crippen molar-refractivity contribution in [3.8, 4) is 0 Å². The molecule has 0 unspecified atom stereocenters. The Balaban J connectivity index is 2.68. The smallest absolute Gasteiger partial charge is 0.223 e. The predicted molar refractivity (Wildman–Crippen MR) is 76.5 cm³/mol. The Kier molecular flexibility index (Phi) is 6.53. The summed E-state index contributed by atoms with van der Waals surface area (Å²) in [6.07, 6.45) is 0.312. The number of rotatable bonds is 7. The molecule has 0 bridgehead atoms. The van der Waals surface area contributed by atoms with Crippen LogP contribution in [0.1, 0.15) is 24.5 Å². The third-order valence-electron chi connectivity index (χ3n) is 3.41. The fraction of sp³-hybridized carbons (Fsp3) is 0.533. The Morgan fingerprint density at radius 3 is 2.63 bits per heavy atom. The SMILES string of the molecule is CCN(Cc1ccccc1C)C(=O)C[C@H](CN)CO. The molecule has 0 fully saturated rings. The van der Waals surface area contributed by atoms with Crippen molar-refractivity contribution in [1.29, 1.82) is 0 Å². The number of nitrogens with two attached hydrogens (primary N) is 1. The van der Waals surface area contributed by atoms with Crippen molar-refractivity contribution in [3.63, 3.8) is 0 Å². The normalized spacial score (nSPS) is 12.2. The zero-order valence-corrected chi connectivity index (χ0v) is 11.8. The zero-order chi connectivity index (χ0) is 14.3. The molecule has 0 aliphatic rings. The first-order chi connectivity index (χ1) is 9.12. The highest BCUT2D eigenvalue weighted by Crippen LogP contribution is 2.12. The van der Waals surface area contributed by atoms with Gasteiger partial charge in [0.25, 0.3) is 0 Å². The summed E-state index contributed by atoms with van der Waals surface area (Å²) < 4.78 is 0. The van der Waals surface area contributed by atoms with Gasteiger partial charge in [-0.3, -0.25) is 4.79 Å². The fourth-order valence-electron chi connectivity index (χ4n) is 1.97. The molecule has 4 nitrogen and oxygen atoms in total. The number of carbonyl (C=O) groups is 1. The molecule has 1 aromatic carbocycles. The number of aryl methyl sites for hydroxylation is 1. The van der Waals surface area contributed by atoms with Gasteiger partial charge in [-0.25, -0.2) is 0 Å². The summed E-state index contributed by atoms with van der Waals surface area (Å²) in [6, 6.07) is 8.06. The molecule has 0 aliphatic heterocycles. The van der Waals surface area contributed by atoms with Crippen LogP contribution in [0, 0.1) is 12.8 Å². The molecule has 4 heteroatoms. The first-order valence-corrected chi connectivity index (χ1v) is 6.75. The lowest BCUT2D eigenvalue weighted by Gasteiger charge is -2.23. The minimum absolute atomic E-state index is 0.0375. The predicted octanol–water partition coefficient (Wildman–Crippen LogP) is 1.30. The summed E-state index contributed by atoms with van der Waals surface area (Å²) in [6.45, 7) is 5.59. The maximum atomic E-state index is 12.2. The molecule has 0 saturated carbocycles. The molecule has 0 heterocycles. The van der Waals surface area contributed by atoms with Crippen LogP contribution in [0.25, 0.3) is 0 Å².